The Morgan fingerprint density at radius 3 is 2.48 bits per heavy atom. The average molecular weight is 358 g/mol. The van der Waals surface area contributed by atoms with Crippen LogP contribution in [0.5, 0.6) is 0 Å². The zero-order valence-electron chi connectivity index (χ0n) is 14.8. The Hall–Kier alpha value is -2.25. The average Bonchev–Trinajstić information content (AvgIpc) is 2.90. The summed E-state index contributed by atoms with van der Waals surface area (Å²) in [4.78, 5) is 9.18. The third kappa shape index (κ3) is 3.57. The van der Waals surface area contributed by atoms with E-state index in [0.717, 1.165) is 22.3 Å². The van der Waals surface area contributed by atoms with Gasteiger partial charge in [-0.3, -0.25) is 0 Å². The lowest BCUT2D eigenvalue weighted by Gasteiger charge is -2.13. The van der Waals surface area contributed by atoms with E-state index in [-0.39, 0.29) is 17.5 Å². The molecule has 0 radical (unpaired) electrons. The molecule has 0 fully saturated rings. The third-order valence-corrected chi connectivity index (χ3v) is 5.34. The fourth-order valence-corrected chi connectivity index (χ4v) is 4.14. The van der Waals surface area contributed by atoms with Gasteiger partial charge in [-0.05, 0) is 63.1 Å². The minimum Gasteiger partial charge on any atom is -0.309 e. The topological polar surface area (TPSA) is 76.9 Å². The smallest absolute Gasteiger partial charge is 0.240 e. The number of pyridine rings is 1. The summed E-state index contributed by atoms with van der Waals surface area (Å²) < 4.78 is 29.9. The Kier molecular flexibility index (Phi) is 4.62. The molecular formula is C18H22N4O2S. The second kappa shape index (κ2) is 6.57. The van der Waals surface area contributed by atoms with Gasteiger partial charge >= 0.3 is 0 Å². The first kappa shape index (κ1) is 17.6. The highest BCUT2D eigenvalue weighted by atomic mass is 32.2. The lowest BCUT2D eigenvalue weighted by molar-refractivity contribution is 0.556. The monoisotopic (exact) mass is 358 g/mol. The summed E-state index contributed by atoms with van der Waals surface area (Å²) in [5.41, 5.74) is 3.35. The summed E-state index contributed by atoms with van der Waals surface area (Å²) in [5, 5.41) is 0. The van der Waals surface area contributed by atoms with Gasteiger partial charge in [-0.25, -0.2) is 23.1 Å². The molecule has 1 aromatic carbocycles. The number of sulfonamides is 1. The minimum absolute atomic E-state index is 0.115. The number of hydrogen-bond acceptors (Lipinski definition) is 4. The van der Waals surface area contributed by atoms with E-state index < -0.39 is 10.0 Å². The van der Waals surface area contributed by atoms with Crippen molar-refractivity contribution in [3.8, 4) is 0 Å². The molecule has 0 aliphatic heterocycles. The Labute approximate surface area is 148 Å². The fourth-order valence-electron chi connectivity index (χ4n) is 2.97. The van der Waals surface area contributed by atoms with Crippen molar-refractivity contribution in [1.82, 2.24) is 19.3 Å². The molecule has 132 valence electrons. The quantitative estimate of drug-likeness (QED) is 0.760. The number of fused-ring (bicyclic) bond motifs is 1. The van der Waals surface area contributed by atoms with Gasteiger partial charge in [0.1, 0.15) is 11.3 Å². The molecule has 6 nitrogen and oxygen atoms in total. The molecule has 3 aromatic rings. The predicted octanol–water partition coefficient (Wildman–Crippen LogP) is 3.11. The highest BCUT2D eigenvalue weighted by Gasteiger charge is 2.19. The third-order valence-electron chi connectivity index (χ3n) is 3.96. The molecule has 0 amide bonds. The zero-order chi connectivity index (χ0) is 18.2. The first-order valence-electron chi connectivity index (χ1n) is 8.18. The number of aromatic nitrogens is 3. The molecular weight excluding hydrogens is 336 g/mol. The maximum Gasteiger partial charge on any atom is 0.240 e. The van der Waals surface area contributed by atoms with Gasteiger partial charge < -0.3 is 4.57 Å². The standard InChI is InChI=1S/C18H22N4O2S/c1-12(2)22-17(21-16-6-5-7-19-18(16)22)11-20-25(23,24)15-9-13(3)8-14(4)10-15/h5-10,12,20H,11H2,1-4H3. The van der Waals surface area contributed by atoms with E-state index in [9.17, 15) is 8.42 Å². The van der Waals surface area contributed by atoms with Gasteiger partial charge in [0.25, 0.3) is 0 Å². The maximum atomic E-state index is 12.6. The molecule has 0 spiro atoms. The van der Waals surface area contributed by atoms with Crippen LogP contribution in [0.15, 0.2) is 41.4 Å². The van der Waals surface area contributed by atoms with Crippen molar-refractivity contribution in [2.24, 2.45) is 0 Å². The van der Waals surface area contributed by atoms with Crippen LogP contribution in [0.25, 0.3) is 11.2 Å². The van der Waals surface area contributed by atoms with E-state index >= 15 is 0 Å². The fraction of sp³-hybridized carbons (Fsp3) is 0.333. The lowest BCUT2D eigenvalue weighted by atomic mass is 10.2. The van der Waals surface area contributed by atoms with Crippen LogP contribution in [0.2, 0.25) is 0 Å². The molecule has 0 saturated carbocycles. The van der Waals surface area contributed by atoms with Crippen molar-refractivity contribution in [3.63, 3.8) is 0 Å². The van der Waals surface area contributed by atoms with Crippen LogP contribution in [-0.2, 0) is 16.6 Å². The van der Waals surface area contributed by atoms with Crippen LogP contribution < -0.4 is 4.72 Å². The van der Waals surface area contributed by atoms with Crippen LogP contribution in [0.3, 0.4) is 0 Å². The molecule has 2 aromatic heterocycles. The summed E-state index contributed by atoms with van der Waals surface area (Å²) in [6, 6.07) is 9.11. The molecule has 0 bridgehead atoms. The van der Waals surface area contributed by atoms with Gasteiger partial charge in [0, 0.05) is 12.2 Å². The first-order chi connectivity index (χ1) is 11.8. The van der Waals surface area contributed by atoms with Crippen LogP contribution in [0.1, 0.15) is 36.8 Å². The van der Waals surface area contributed by atoms with E-state index in [4.69, 9.17) is 0 Å². The Morgan fingerprint density at radius 2 is 1.84 bits per heavy atom. The number of hydrogen-bond donors (Lipinski definition) is 1. The van der Waals surface area contributed by atoms with Gasteiger partial charge in [-0.1, -0.05) is 6.07 Å². The molecule has 1 N–H and O–H groups in total. The van der Waals surface area contributed by atoms with Gasteiger partial charge in [-0.2, -0.15) is 0 Å². The molecule has 7 heteroatoms. The Morgan fingerprint density at radius 1 is 1.16 bits per heavy atom. The first-order valence-corrected chi connectivity index (χ1v) is 9.66. The van der Waals surface area contributed by atoms with Crippen LogP contribution in [0, 0.1) is 13.8 Å². The summed E-state index contributed by atoms with van der Waals surface area (Å²) in [7, 11) is -3.61. The van der Waals surface area contributed by atoms with Gasteiger partial charge in [0.15, 0.2) is 5.65 Å². The number of rotatable bonds is 5. The van der Waals surface area contributed by atoms with E-state index in [1.807, 2.05) is 50.5 Å². The van der Waals surface area contributed by atoms with Crippen molar-refractivity contribution in [2.45, 2.75) is 45.2 Å². The normalized spacial score (nSPS) is 12.2. The minimum atomic E-state index is -3.61. The molecule has 0 aliphatic carbocycles. The van der Waals surface area contributed by atoms with Crippen LogP contribution in [0.4, 0.5) is 0 Å². The van der Waals surface area contributed by atoms with Crippen molar-refractivity contribution in [1.29, 1.82) is 0 Å². The lowest BCUT2D eigenvalue weighted by Crippen LogP contribution is -2.25. The Bertz CT molecular complexity index is 1000. The maximum absolute atomic E-state index is 12.6. The van der Waals surface area contributed by atoms with Crippen molar-refractivity contribution in [2.75, 3.05) is 0 Å². The van der Waals surface area contributed by atoms with Crippen molar-refractivity contribution < 1.29 is 8.42 Å². The summed E-state index contributed by atoms with van der Waals surface area (Å²) in [6.45, 7) is 7.94. The number of benzene rings is 1. The largest absolute Gasteiger partial charge is 0.309 e. The summed E-state index contributed by atoms with van der Waals surface area (Å²) in [6.07, 6.45) is 1.71. The summed E-state index contributed by atoms with van der Waals surface area (Å²) in [5.74, 6) is 0.650. The Balaban J connectivity index is 1.93. The molecule has 0 aliphatic rings. The highest BCUT2D eigenvalue weighted by molar-refractivity contribution is 7.89. The SMILES string of the molecule is Cc1cc(C)cc(S(=O)(=O)NCc2nc3cccnc3n2C(C)C)c1. The number of aryl methyl sites for hydroxylation is 2. The summed E-state index contributed by atoms with van der Waals surface area (Å²) >= 11 is 0. The molecule has 0 unspecified atom stereocenters. The van der Waals surface area contributed by atoms with E-state index in [1.165, 1.54) is 0 Å². The zero-order valence-corrected chi connectivity index (χ0v) is 15.6. The van der Waals surface area contributed by atoms with Crippen LogP contribution >= 0.6 is 0 Å². The second-order valence-corrected chi connectivity index (χ2v) is 8.25. The van der Waals surface area contributed by atoms with E-state index in [2.05, 4.69) is 14.7 Å². The van der Waals surface area contributed by atoms with Gasteiger partial charge in [0.2, 0.25) is 10.0 Å². The van der Waals surface area contributed by atoms with E-state index in [1.54, 1.807) is 18.3 Å². The molecule has 25 heavy (non-hydrogen) atoms. The van der Waals surface area contributed by atoms with Gasteiger partial charge in [0.05, 0.1) is 11.4 Å². The number of nitrogens with one attached hydrogen (secondary N) is 1. The molecule has 0 atom stereocenters. The highest BCUT2D eigenvalue weighted by Crippen LogP contribution is 2.20. The number of nitrogens with zero attached hydrogens (tertiary/aromatic N) is 3. The van der Waals surface area contributed by atoms with Crippen LogP contribution in [-0.4, -0.2) is 23.0 Å². The molecule has 2 heterocycles. The van der Waals surface area contributed by atoms with E-state index in [0.29, 0.717) is 5.82 Å². The second-order valence-electron chi connectivity index (χ2n) is 6.49. The van der Waals surface area contributed by atoms with Gasteiger partial charge in [-0.15, -0.1) is 0 Å². The molecule has 0 saturated heterocycles. The predicted molar refractivity (Wildman–Crippen MR) is 97.9 cm³/mol. The number of imidazole rings is 1. The molecule has 3 rings (SSSR count). The van der Waals surface area contributed by atoms with Crippen molar-refractivity contribution >= 4 is 21.2 Å². The van der Waals surface area contributed by atoms with Crippen molar-refractivity contribution in [3.05, 3.63) is 53.5 Å².